The van der Waals surface area contributed by atoms with Crippen molar-refractivity contribution < 1.29 is 27.5 Å². The quantitative estimate of drug-likeness (QED) is 0.610. The zero-order chi connectivity index (χ0) is 25.6. The maximum atomic E-state index is 13.8. The summed E-state index contributed by atoms with van der Waals surface area (Å²) < 4.78 is 45.3. The first-order valence-corrected chi connectivity index (χ1v) is 12.3. The molecule has 1 aliphatic carbocycles. The fraction of sp³-hybridized carbons (Fsp3) is 0.500. The van der Waals surface area contributed by atoms with Crippen molar-refractivity contribution in [1.29, 1.82) is 0 Å². The maximum absolute atomic E-state index is 13.8. The van der Waals surface area contributed by atoms with Gasteiger partial charge in [0.2, 0.25) is 5.91 Å². The van der Waals surface area contributed by atoms with Crippen LogP contribution in [0.2, 0.25) is 0 Å². The van der Waals surface area contributed by atoms with Crippen LogP contribution in [0.3, 0.4) is 0 Å². The Balaban J connectivity index is 1.50. The minimum absolute atomic E-state index is 0.0152. The summed E-state index contributed by atoms with van der Waals surface area (Å²) in [6.45, 7) is 4.15. The van der Waals surface area contributed by atoms with Gasteiger partial charge in [-0.25, -0.2) is 4.98 Å². The summed E-state index contributed by atoms with van der Waals surface area (Å²) in [6, 6.07) is 9.05. The molecule has 192 valence electrons. The molecule has 1 saturated heterocycles. The van der Waals surface area contributed by atoms with E-state index in [2.05, 4.69) is 10.3 Å². The molecule has 2 amide bonds. The normalized spacial score (nSPS) is 24.3. The highest BCUT2D eigenvalue weighted by Gasteiger charge is 2.43. The van der Waals surface area contributed by atoms with Crippen LogP contribution in [0.25, 0.3) is 0 Å². The number of aromatic nitrogens is 1. The number of ether oxygens (including phenoxy) is 1. The molecule has 1 saturated carbocycles. The molecule has 2 aliphatic heterocycles. The summed E-state index contributed by atoms with van der Waals surface area (Å²) in [5.74, 6) is -1.56. The van der Waals surface area contributed by atoms with Gasteiger partial charge >= 0.3 is 6.18 Å². The first-order chi connectivity index (χ1) is 17.1. The molecule has 3 heterocycles. The molecule has 36 heavy (non-hydrogen) atoms. The highest BCUT2D eigenvalue weighted by atomic mass is 19.4. The SMILES string of the molecule is CC(C)[C@H]1OCC(=O)N1c1ccc2c(c1)N(C(=O)C1CCC(C(F)(F)F)CC1)Cc1cccnc1N2. The van der Waals surface area contributed by atoms with Crippen LogP contribution in [0.1, 0.15) is 45.1 Å². The fourth-order valence-corrected chi connectivity index (χ4v) is 5.37. The van der Waals surface area contributed by atoms with E-state index in [1.165, 1.54) is 0 Å². The molecule has 2 fully saturated rings. The zero-order valence-corrected chi connectivity index (χ0v) is 20.2. The molecule has 0 bridgehead atoms. The van der Waals surface area contributed by atoms with Gasteiger partial charge in [0.15, 0.2) is 0 Å². The number of hydrogen-bond donors (Lipinski definition) is 1. The lowest BCUT2D eigenvalue weighted by molar-refractivity contribution is -0.184. The van der Waals surface area contributed by atoms with E-state index in [4.69, 9.17) is 4.74 Å². The molecule has 1 aromatic heterocycles. The van der Waals surface area contributed by atoms with Crippen LogP contribution in [0.15, 0.2) is 36.5 Å². The number of benzene rings is 1. The second-order valence-electron chi connectivity index (χ2n) is 10.1. The van der Waals surface area contributed by atoms with Gasteiger partial charge in [-0.1, -0.05) is 19.9 Å². The molecule has 0 radical (unpaired) electrons. The molecule has 1 aromatic carbocycles. The third kappa shape index (κ3) is 4.54. The minimum Gasteiger partial charge on any atom is -0.348 e. The largest absolute Gasteiger partial charge is 0.391 e. The van der Waals surface area contributed by atoms with Crippen LogP contribution in [-0.4, -0.2) is 35.8 Å². The van der Waals surface area contributed by atoms with Gasteiger partial charge < -0.3 is 15.0 Å². The van der Waals surface area contributed by atoms with E-state index in [0.29, 0.717) is 22.9 Å². The minimum atomic E-state index is -4.23. The first kappa shape index (κ1) is 24.5. The van der Waals surface area contributed by atoms with Gasteiger partial charge in [-0.3, -0.25) is 14.5 Å². The monoisotopic (exact) mass is 502 g/mol. The Kier molecular flexibility index (Phi) is 6.40. The van der Waals surface area contributed by atoms with Crippen molar-refractivity contribution in [1.82, 2.24) is 4.98 Å². The predicted octanol–water partition coefficient (Wildman–Crippen LogP) is 5.39. The van der Waals surface area contributed by atoms with Crippen molar-refractivity contribution in [3.05, 3.63) is 42.1 Å². The lowest BCUT2D eigenvalue weighted by atomic mass is 9.81. The lowest BCUT2D eigenvalue weighted by Crippen LogP contribution is -2.39. The summed E-state index contributed by atoms with van der Waals surface area (Å²) in [7, 11) is 0. The number of hydrogen-bond acceptors (Lipinski definition) is 5. The predicted molar refractivity (Wildman–Crippen MR) is 129 cm³/mol. The number of rotatable bonds is 3. The van der Waals surface area contributed by atoms with Crippen LogP contribution < -0.4 is 15.1 Å². The summed E-state index contributed by atoms with van der Waals surface area (Å²) in [5, 5.41) is 3.29. The van der Waals surface area contributed by atoms with Crippen LogP contribution in [0.5, 0.6) is 0 Å². The Morgan fingerprint density at radius 1 is 1.17 bits per heavy atom. The Bertz CT molecular complexity index is 1160. The van der Waals surface area contributed by atoms with Crippen LogP contribution in [0, 0.1) is 17.8 Å². The number of amides is 2. The molecule has 0 unspecified atom stereocenters. The molecular formula is C26H29F3N4O3. The number of anilines is 4. The van der Waals surface area contributed by atoms with Gasteiger partial charge in [0.1, 0.15) is 18.7 Å². The Labute approximate surface area is 207 Å². The van der Waals surface area contributed by atoms with E-state index in [9.17, 15) is 22.8 Å². The van der Waals surface area contributed by atoms with Gasteiger partial charge in [0.05, 0.1) is 23.8 Å². The summed E-state index contributed by atoms with van der Waals surface area (Å²) in [4.78, 5) is 34.1. The van der Waals surface area contributed by atoms with E-state index in [1.807, 2.05) is 19.9 Å². The van der Waals surface area contributed by atoms with Crippen molar-refractivity contribution in [3.63, 3.8) is 0 Å². The number of nitrogens with one attached hydrogen (secondary N) is 1. The van der Waals surface area contributed by atoms with Gasteiger partial charge in [0, 0.05) is 23.4 Å². The zero-order valence-electron chi connectivity index (χ0n) is 20.2. The standard InChI is InChI=1S/C26H29F3N4O3/c1-15(2)25-33(22(34)14-36-25)19-9-10-20-21(12-19)32(13-17-4-3-11-30-23(17)31-20)24(35)16-5-7-18(8-6-16)26(27,28)29/h3-4,9-12,15-16,18,25H,5-8,13-14H2,1-2H3,(H,30,31)/t16?,18?,25-/m1/s1. The Hall–Kier alpha value is -3.14. The highest BCUT2D eigenvalue weighted by molar-refractivity contribution is 6.02. The van der Waals surface area contributed by atoms with E-state index in [0.717, 1.165) is 5.56 Å². The van der Waals surface area contributed by atoms with E-state index in [1.54, 1.807) is 40.3 Å². The molecule has 1 N–H and O–H groups in total. The third-order valence-electron chi connectivity index (χ3n) is 7.30. The molecule has 3 aliphatic rings. The maximum Gasteiger partial charge on any atom is 0.391 e. The number of carbonyl (C=O) groups excluding carboxylic acids is 2. The van der Waals surface area contributed by atoms with Gasteiger partial charge in [-0.05, 0) is 55.9 Å². The third-order valence-corrected chi connectivity index (χ3v) is 7.30. The number of alkyl halides is 3. The van der Waals surface area contributed by atoms with Gasteiger partial charge in [-0.15, -0.1) is 0 Å². The molecular weight excluding hydrogens is 473 g/mol. The Morgan fingerprint density at radius 3 is 2.61 bits per heavy atom. The topological polar surface area (TPSA) is 74.8 Å². The van der Waals surface area contributed by atoms with Crippen molar-refractivity contribution in [2.24, 2.45) is 17.8 Å². The second kappa shape index (κ2) is 9.38. The van der Waals surface area contributed by atoms with Crippen LogP contribution in [-0.2, 0) is 20.9 Å². The summed E-state index contributed by atoms with van der Waals surface area (Å²) in [6.07, 6.45) is -2.71. The van der Waals surface area contributed by atoms with Gasteiger partial charge in [0.25, 0.3) is 5.91 Å². The number of carbonyl (C=O) groups is 2. The highest BCUT2D eigenvalue weighted by Crippen LogP contribution is 2.43. The average Bonchev–Trinajstić information content (AvgIpc) is 3.16. The average molecular weight is 503 g/mol. The molecule has 2 aromatic rings. The fourth-order valence-electron chi connectivity index (χ4n) is 5.37. The van der Waals surface area contributed by atoms with E-state index in [-0.39, 0.29) is 56.6 Å². The molecule has 5 rings (SSSR count). The number of halogens is 3. The molecule has 1 atom stereocenters. The number of nitrogens with zero attached hydrogens (tertiary/aromatic N) is 3. The molecule has 10 heteroatoms. The second-order valence-corrected chi connectivity index (χ2v) is 10.1. The molecule has 0 spiro atoms. The number of pyridine rings is 1. The van der Waals surface area contributed by atoms with Gasteiger partial charge in [-0.2, -0.15) is 13.2 Å². The van der Waals surface area contributed by atoms with Crippen molar-refractivity contribution >= 4 is 34.7 Å². The summed E-state index contributed by atoms with van der Waals surface area (Å²) in [5.41, 5.74) is 2.61. The van der Waals surface area contributed by atoms with E-state index >= 15 is 0 Å². The number of fused-ring (bicyclic) bond motifs is 2. The van der Waals surface area contributed by atoms with Crippen LogP contribution >= 0.6 is 0 Å². The van der Waals surface area contributed by atoms with Crippen molar-refractivity contribution in [3.8, 4) is 0 Å². The lowest BCUT2D eigenvalue weighted by Gasteiger charge is -2.33. The molecule has 7 nitrogen and oxygen atoms in total. The van der Waals surface area contributed by atoms with Crippen molar-refractivity contribution in [2.75, 3.05) is 21.7 Å². The van der Waals surface area contributed by atoms with Crippen LogP contribution in [0.4, 0.5) is 36.1 Å². The smallest absolute Gasteiger partial charge is 0.348 e. The van der Waals surface area contributed by atoms with Crippen molar-refractivity contribution in [2.45, 2.75) is 58.5 Å². The van der Waals surface area contributed by atoms with E-state index < -0.39 is 24.2 Å². The Morgan fingerprint density at radius 2 is 1.92 bits per heavy atom. The first-order valence-electron chi connectivity index (χ1n) is 12.3. The summed E-state index contributed by atoms with van der Waals surface area (Å²) >= 11 is 0.